The maximum atomic E-state index is 13.3. The molecule has 0 bridgehead atoms. The molecule has 0 spiro atoms. The quantitative estimate of drug-likeness (QED) is 0.909. The standard InChI is InChI=1S/C14H18F2N2O3S/c1-22(20,21)17-9-13-4-2-3-5-18(13)14(19)10-6-11(15)8-12(16)7-10/h6-8,13,17H,2-5,9H2,1H3. The fraction of sp³-hybridized carbons (Fsp3) is 0.500. The highest BCUT2D eigenvalue weighted by molar-refractivity contribution is 7.88. The number of amides is 1. The fourth-order valence-corrected chi connectivity index (χ4v) is 3.07. The maximum absolute atomic E-state index is 13.3. The molecule has 1 N–H and O–H groups in total. The van der Waals surface area contributed by atoms with Crippen molar-refractivity contribution in [2.75, 3.05) is 19.3 Å². The molecule has 1 amide bonds. The molecule has 0 aliphatic carbocycles. The Kier molecular flexibility index (Phi) is 5.12. The molecule has 0 radical (unpaired) electrons. The molecule has 2 rings (SSSR count). The van der Waals surface area contributed by atoms with Gasteiger partial charge in [-0.1, -0.05) is 0 Å². The van der Waals surface area contributed by atoms with Crippen LogP contribution in [0.15, 0.2) is 18.2 Å². The summed E-state index contributed by atoms with van der Waals surface area (Å²) >= 11 is 0. The fourth-order valence-electron chi connectivity index (χ4n) is 2.57. The smallest absolute Gasteiger partial charge is 0.254 e. The van der Waals surface area contributed by atoms with E-state index in [2.05, 4.69) is 4.72 Å². The van der Waals surface area contributed by atoms with E-state index in [-0.39, 0.29) is 18.2 Å². The van der Waals surface area contributed by atoms with Crippen molar-refractivity contribution in [2.24, 2.45) is 0 Å². The van der Waals surface area contributed by atoms with E-state index >= 15 is 0 Å². The number of nitrogens with one attached hydrogen (secondary N) is 1. The second-order valence-corrected chi connectivity index (χ2v) is 7.26. The first-order valence-corrected chi connectivity index (χ1v) is 8.87. The van der Waals surface area contributed by atoms with E-state index in [1.54, 1.807) is 0 Å². The lowest BCUT2D eigenvalue weighted by Crippen LogP contribution is -2.49. The largest absolute Gasteiger partial charge is 0.334 e. The molecule has 1 unspecified atom stereocenters. The summed E-state index contributed by atoms with van der Waals surface area (Å²) in [6, 6.07) is 2.36. The first-order valence-electron chi connectivity index (χ1n) is 6.98. The van der Waals surface area contributed by atoms with Gasteiger partial charge >= 0.3 is 0 Å². The highest BCUT2D eigenvalue weighted by Crippen LogP contribution is 2.20. The number of piperidine rings is 1. The zero-order valence-electron chi connectivity index (χ0n) is 12.2. The molecule has 5 nitrogen and oxygen atoms in total. The number of nitrogens with zero attached hydrogens (tertiary/aromatic N) is 1. The summed E-state index contributed by atoms with van der Waals surface area (Å²) in [5, 5.41) is 0. The molecule has 1 aliphatic rings. The highest BCUT2D eigenvalue weighted by atomic mass is 32.2. The number of rotatable bonds is 4. The molecule has 1 fully saturated rings. The number of sulfonamides is 1. The Morgan fingerprint density at radius 3 is 2.50 bits per heavy atom. The van der Waals surface area contributed by atoms with Crippen LogP contribution in [-0.4, -0.2) is 44.6 Å². The van der Waals surface area contributed by atoms with Crippen molar-refractivity contribution in [1.29, 1.82) is 0 Å². The predicted octanol–water partition coefficient (Wildman–Crippen LogP) is 1.51. The van der Waals surface area contributed by atoms with Gasteiger partial charge in [-0.25, -0.2) is 21.9 Å². The molecule has 0 aromatic heterocycles. The maximum Gasteiger partial charge on any atom is 0.254 e. The molecule has 122 valence electrons. The van der Waals surface area contributed by atoms with Crippen LogP contribution in [0.4, 0.5) is 8.78 Å². The molecule has 1 aliphatic heterocycles. The van der Waals surface area contributed by atoms with Crippen LogP contribution in [0.5, 0.6) is 0 Å². The highest BCUT2D eigenvalue weighted by Gasteiger charge is 2.28. The van der Waals surface area contributed by atoms with E-state index in [9.17, 15) is 22.0 Å². The molecule has 1 saturated heterocycles. The van der Waals surface area contributed by atoms with Gasteiger partial charge in [0.05, 0.1) is 6.26 Å². The normalized spacial score (nSPS) is 19.2. The summed E-state index contributed by atoms with van der Waals surface area (Å²) in [6.45, 7) is 0.537. The average molecular weight is 332 g/mol. The third-order valence-corrected chi connectivity index (χ3v) is 4.27. The molecule has 1 aromatic rings. The van der Waals surface area contributed by atoms with Gasteiger partial charge in [0.25, 0.3) is 5.91 Å². The van der Waals surface area contributed by atoms with Gasteiger partial charge in [0, 0.05) is 30.8 Å². The number of carbonyl (C=O) groups excluding carboxylic acids is 1. The van der Waals surface area contributed by atoms with E-state index in [0.717, 1.165) is 31.2 Å². The van der Waals surface area contributed by atoms with Crippen molar-refractivity contribution in [2.45, 2.75) is 25.3 Å². The van der Waals surface area contributed by atoms with Crippen LogP contribution in [0.25, 0.3) is 0 Å². The molecular formula is C14H18F2N2O3S. The summed E-state index contributed by atoms with van der Waals surface area (Å²) in [4.78, 5) is 13.9. The van der Waals surface area contributed by atoms with Crippen LogP contribution in [0.3, 0.4) is 0 Å². The zero-order chi connectivity index (χ0) is 16.3. The Labute approximate surface area is 128 Å². The number of likely N-dealkylation sites (tertiary alicyclic amines) is 1. The van der Waals surface area contributed by atoms with Gasteiger partial charge in [0.15, 0.2) is 0 Å². The van der Waals surface area contributed by atoms with E-state index in [1.165, 1.54) is 4.90 Å². The Hall–Kier alpha value is -1.54. The SMILES string of the molecule is CS(=O)(=O)NCC1CCCCN1C(=O)c1cc(F)cc(F)c1. The van der Waals surface area contributed by atoms with Crippen LogP contribution in [-0.2, 0) is 10.0 Å². The lowest BCUT2D eigenvalue weighted by molar-refractivity contribution is 0.0617. The second kappa shape index (κ2) is 6.70. The minimum Gasteiger partial charge on any atom is -0.334 e. The average Bonchev–Trinajstić information content (AvgIpc) is 2.43. The number of hydrogen-bond donors (Lipinski definition) is 1. The molecule has 22 heavy (non-hydrogen) atoms. The van der Waals surface area contributed by atoms with E-state index < -0.39 is 27.6 Å². The Morgan fingerprint density at radius 1 is 1.27 bits per heavy atom. The van der Waals surface area contributed by atoms with E-state index in [0.29, 0.717) is 19.0 Å². The van der Waals surface area contributed by atoms with Gasteiger partial charge in [-0.3, -0.25) is 4.79 Å². The van der Waals surface area contributed by atoms with E-state index in [1.807, 2.05) is 0 Å². The Balaban J connectivity index is 2.17. The summed E-state index contributed by atoms with van der Waals surface area (Å²) in [6.07, 6.45) is 3.34. The minimum atomic E-state index is -3.36. The van der Waals surface area contributed by atoms with Crippen molar-refractivity contribution in [1.82, 2.24) is 9.62 Å². The zero-order valence-corrected chi connectivity index (χ0v) is 13.0. The van der Waals surface area contributed by atoms with Crippen LogP contribution in [0, 0.1) is 11.6 Å². The summed E-state index contributed by atoms with van der Waals surface area (Å²) in [7, 11) is -3.36. The van der Waals surface area contributed by atoms with Crippen molar-refractivity contribution in [3.8, 4) is 0 Å². The topological polar surface area (TPSA) is 66.5 Å². The third-order valence-electron chi connectivity index (χ3n) is 3.58. The molecular weight excluding hydrogens is 314 g/mol. The summed E-state index contributed by atoms with van der Waals surface area (Å²) in [5.74, 6) is -2.12. The van der Waals surface area contributed by atoms with Gasteiger partial charge in [-0.2, -0.15) is 0 Å². The Bertz CT molecular complexity index is 644. The molecule has 1 heterocycles. The Morgan fingerprint density at radius 2 is 1.91 bits per heavy atom. The van der Waals surface area contributed by atoms with Crippen molar-refractivity contribution in [3.63, 3.8) is 0 Å². The minimum absolute atomic E-state index is 0.0660. The summed E-state index contributed by atoms with van der Waals surface area (Å²) < 4.78 is 51.3. The van der Waals surface area contributed by atoms with Gasteiger partial charge in [0.1, 0.15) is 11.6 Å². The number of halogens is 2. The predicted molar refractivity (Wildman–Crippen MR) is 77.9 cm³/mol. The third kappa shape index (κ3) is 4.48. The van der Waals surface area contributed by atoms with Gasteiger partial charge in [-0.15, -0.1) is 0 Å². The first-order chi connectivity index (χ1) is 10.3. The first kappa shape index (κ1) is 16.8. The van der Waals surface area contributed by atoms with Crippen molar-refractivity contribution in [3.05, 3.63) is 35.4 Å². The van der Waals surface area contributed by atoms with Crippen LogP contribution < -0.4 is 4.72 Å². The number of benzene rings is 1. The summed E-state index contributed by atoms with van der Waals surface area (Å²) in [5.41, 5.74) is -0.0660. The molecule has 1 atom stereocenters. The second-order valence-electron chi connectivity index (χ2n) is 5.43. The van der Waals surface area contributed by atoms with Crippen molar-refractivity contribution >= 4 is 15.9 Å². The number of hydrogen-bond acceptors (Lipinski definition) is 3. The van der Waals surface area contributed by atoms with Crippen LogP contribution in [0.2, 0.25) is 0 Å². The monoisotopic (exact) mass is 332 g/mol. The number of carbonyl (C=O) groups is 1. The van der Waals surface area contributed by atoms with Gasteiger partial charge in [-0.05, 0) is 31.4 Å². The van der Waals surface area contributed by atoms with E-state index in [4.69, 9.17) is 0 Å². The molecule has 1 aromatic carbocycles. The lowest BCUT2D eigenvalue weighted by Gasteiger charge is -2.35. The van der Waals surface area contributed by atoms with Crippen LogP contribution >= 0.6 is 0 Å². The van der Waals surface area contributed by atoms with Gasteiger partial charge < -0.3 is 4.90 Å². The van der Waals surface area contributed by atoms with Crippen LogP contribution in [0.1, 0.15) is 29.6 Å². The molecule has 8 heteroatoms. The molecule has 0 saturated carbocycles. The lowest BCUT2D eigenvalue weighted by atomic mass is 10.0. The van der Waals surface area contributed by atoms with Gasteiger partial charge in [0.2, 0.25) is 10.0 Å². The van der Waals surface area contributed by atoms with Crippen molar-refractivity contribution < 1.29 is 22.0 Å².